The zero-order valence-electron chi connectivity index (χ0n) is 11.4. The van der Waals surface area contributed by atoms with Crippen molar-refractivity contribution in [3.8, 4) is 0 Å². The van der Waals surface area contributed by atoms with Gasteiger partial charge in [0, 0.05) is 12.2 Å². The van der Waals surface area contributed by atoms with Crippen LogP contribution in [0.1, 0.15) is 18.2 Å². The number of hydrogen-bond acceptors (Lipinski definition) is 4. The summed E-state index contributed by atoms with van der Waals surface area (Å²) in [5.41, 5.74) is 8.34. The van der Waals surface area contributed by atoms with E-state index >= 15 is 0 Å². The number of rotatable bonds is 2. The Morgan fingerprint density at radius 1 is 1.30 bits per heavy atom. The van der Waals surface area contributed by atoms with E-state index in [1.165, 1.54) is 11.3 Å². The van der Waals surface area contributed by atoms with Gasteiger partial charge in [0.15, 0.2) is 5.82 Å². The minimum atomic E-state index is -0.0588. The molecule has 0 aliphatic carbocycles. The quantitative estimate of drug-likeness (QED) is 0.645. The Labute approximate surface area is 118 Å². The van der Waals surface area contributed by atoms with Crippen molar-refractivity contribution in [2.24, 2.45) is 11.7 Å². The average molecular weight is 267 g/mol. The van der Waals surface area contributed by atoms with Crippen molar-refractivity contribution in [1.29, 1.82) is 5.41 Å². The normalized spacial score (nSPS) is 17.6. The van der Waals surface area contributed by atoms with Crippen LogP contribution < -0.4 is 10.6 Å². The lowest BCUT2D eigenvalue weighted by Gasteiger charge is -2.33. The summed E-state index contributed by atoms with van der Waals surface area (Å²) >= 11 is 0. The van der Waals surface area contributed by atoms with Gasteiger partial charge in [-0.25, -0.2) is 9.97 Å². The van der Waals surface area contributed by atoms with Crippen LogP contribution in [0.25, 0.3) is 0 Å². The predicted octanol–water partition coefficient (Wildman–Crippen LogP) is 2.09. The third kappa shape index (κ3) is 2.22. The van der Waals surface area contributed by atoms with Crippen LogP contribution in [0.4, 0.5) is 11.5 Å². The van der Waals surface area contributed by atoms with Gasteiger partial charge in [-0.15, -0.1) is 0 Å². The van der Waals surface area contributed by atoms with E-state index in [1.807, 2.05) is 6.07 Å². The highest BCUT2D eigenvalue weighted by atomic mass is 15.2. The van der Waals surface area contributed by atoms with Crippen molar-refractivity contribution in [2.75, 3.05) is 11.4 Å². The zero-order chi connectivity index (χ0) is 14.1. The maximum Gasteiger partial charge on any atom is 0.151 e. The standard InChI is InChI=1S/C15H17N5/c1-10-6-11-4-2-3-5-13(11)20(9-10)14-8-18-12(7-19-14)15(16)17/h2-5,7-8,10H,6,9H2,1H3,(H3,16,17). The molecule has 5 nitrogen and oxygen atoms in total. The average Bonchev–Trinajstić information content (AvgIpc) is 2.46. The molecular weight excluding hydrogens is 250 g/mol. The maximum atomic E-state index is 7.36. The first-order valence-corrected chi connectivity index (χ1v) is 6.67. The molecule has 2 heterocycles. The van der Waals surface area contributed by atoms with Crippen LogP contribution in [0.3, 0.4) is 0 Å². The molecule has 1 unspecified atom stereocenters. The molecule has 102 valence electrons. The number of para-hydroxylation sites is 1. The van der Waals surface area contributed by atoms with Crippen LogP contribution in [0, 0.1) is 11.3 Å². The fourth-order valence-electron chi connectivity index (χ4n) is 2.61. The number of nitrogens with one attached hydrogen (secondary N) is 1. The molecule has 20 heavy (non-hydrogen) atoms. The summed E-state index contributed by atoms with van der Waals surface area (Å²) < 4.78 is 0. The van der Waals surface area contributed by atoms with Gasteiger partial charge in [-0.05, 0) is 24.0 Å². The molecule has 0 spiro atoms. The van der Waals surface area contributed by atoms with E-state index in [1.54, 1.807) is 12.4 Å². The summed E-state index contributed by atoms with van der Waals surface area (Å²) in [7, 11) is 0. The smallest absolute Gasteiger partial charge is 0.151 e. The Kier molecular flexibility index (Phi) is 3.10. The molecule has 0 bridgehead atoms. The number of nitrogens with zero attached hydrogens (tertiary/aromatic N) is 3. The summed E-state index contributed by atoms with van der Waals surface area (Å²) in [5, 5.41) is 7.36. The van der Waals surface area contributed by atoms with Crippen molar-refractivity contribution in [3.63, 3.8) is 0 Å². The molecule has 0 fully saturated rings. The molecular formula is C15H17N5. The SMILES string of the molecule is CC1Cc2ccccc2N(c2cnc(C(=N)N)cn2)C1. The van der Waals surface area contributed by atoms with E-state index in [2.05, 4.69) is 40.0 Å². The van der Waals surface area contributed by atoms with E-state index in [0.29, 0.717) is 11.6 Å². The highest BCUT2D eigenvalue weighted by Crippen LogP contribution is 2.33. The molecule has 1 aliphatic rings. The number of hydrogen-bond donors (Lipinski definition) is 2. The summed E-state index contributed by atoms with van der Waals surface area (Å²) in [6, 6.07) is 8.38. The Morgan fingerprint density at radius 2 is 2.10 bits per heavy atom. The topological polar surface area (TPSA) is 78.9 Å². The molecule has 0 radical (unpaired) electrons. The molecule has 0 saturated heterocycles. The van der Waals surface area contributed by atoms with Crippen LogP contribution in [0.5, 0.6) is 0 Å². The second-order valence-corrected chi connectivity index (χ2v) is 5.22. The van der Waals surface area contributed by atoms with Crippen molar-refractivity contribution in [3.05, 3.63) is 47.9 Å². The number of nitrogen functional groups attached to an aromatic ring is 1. The third-order valence-corrected chi connectivity index (χ3v) is 3.54. The third-order valence-electron chi connectivity index (χ3n) is 3.54. The van der Waals surface area contributed by atoms with Crippen molar-refractivity contribution < 1.29 is 0 Å². The Morgan fingerprint density at radius 3 is 2.80 bits per heavy atom. The van der Waals surface area contributed by atoms with E-state index < -0.39 is 0 Å². The van der Waals surface area contributed by atoms with Crippen molar-refractivity contribution in [2.45, 2.75) is 13.3 Å². The van der Waals surface area contributed by atoms with Gasteiger partial charge in [0.25, 0.3) is 0 Å². The fraction of sp³-hybridized carbons (Fsp3) is 0.267. The lowest BCUT2D eigenvalue weighted by molar-refractivity contribution is 0.559. The van der Waals surface area contributed by atoms with Gasteiger partial charge >= 0.3 is 0 Å². The molecule has 1 aromatic carbocycles. The van der Waals surface area contributed by atoms with Gasteiger partial charge in [-0.3, -0.25) is 5.41 Å². The van der Waals surface area contributed by atoms with Gasteiger partial charge in [0.1, 0.15) is 11.5 Å². The molecule has 2 aromatic rings. The zero-order valence-corrected chi connectivity index (χ0v) is 11.4. The molecule has 3 N–H and O–H groups in total. The molecule has 3 rings (SSSR count). The van der Waals surface area contributed by atoms with E-state index in [9.17, 15) is 0 Å². The lowest BCUT2D eigenvalue weighted by Crippen LogP contribution is -2.31. The van der Waals surface area contributed by atoms with Gasteiger partial charge in [0.05, 0.1) is 12.4 Å². The van der Waals surface area contributed by atoms with Crippen LogP contribution in [0.2, 0.25) is 0 Å². The second-order valence-electron chi connectivity index (χ2n) is 5.22. The minimum absolute atomic E-state index is 0.0588. The first-order valence-electron chi connectivity index (χ1n) is 6.67. The van der Waals surface area contributed by atoms with Gasteiger partial charge in [-0.1, -0.05) is 25.1 Å². The number of aromatic nitrogens is 2. The molecule has 5 heteroatoms. The molecule has 0 saturated carbocycles. The number of nitrogens with two attached hydrogens (primary N) is 1. The Hall–Kier alpha value is -2.43. The van der Waals surface area contributed by atoms with Crippen LogP contribution in [-0.4, -0.2) is 22.3 Å². The van der Waals surface area contributed by atoms with Gasteiger partial charge in [0.2, 0.25) is 0 Å². The second kappa shape index (κ2) is 4.92. The Bertz CT molecular complexity index is 635. The minimum Gasteiger partial charge on any atom is -0.382 e. The molecule has 0 amide bonds. The van der Waals surface area contributed by atoms with Crippen LogP contribution in [0.15, 0.2) is 36.7 Å². The van der Waals surface area contributed by atoms with Crippen LogP contribution >= 0.6 is 0 Å². The van der Waals surface area contributed by atoms with Crippen LogP contribution in [-0.2, 0) is 6.42 Å². The number of anilines is 2. The Balaban J connectivity index is 1.99. The van der Waals surface area contributed by atoms with Gasteiger partial charge in [-0.2, -0.15) is 0 Å². The fourth-order valence-corrected chi connectivity index (χ4v) is 2.61. The summed E-state index contributed by atoms with van der Waals surface area (Å²) in [5.74, 6) is 1.31. The number of amidine groups is 1. The first-order chi connectivity index (χ1) is 9.65. The highest BCUT2D eigenvalue weighted by Gasteiger charge is 2.23. The van der Waals surface area contributed by atoms with Gasteiger partial charge < -0.3 is 10.6 Å². The summed E-state index contributed by atoms with van der Waals surface area (Å²) in [4.78, 5) is 10.8. The molecule has 1 aromatic heterocycles. The monoisotopic (exact) mass is 267 g/mol. The van der Waals surface area contributed by atoms with Crippen molar-refractivity contribution in [1.82, 2.24) is 9.97 Å². The van der Waals surface area contributed by atoms with E-state index in [4.69, 9.17) is 11.1 Å². The molecule has 1 aliphatic heterocycles. The van der Waals surface area contributed by atoms with Crippen molar-refractivity contribution >= 4 is 17.3 Å². The number of fused-ring (bicyclic) bond motifs is 1. The summed E-state index contributed by atoms with van der Waals surface area (Å²) in [6.45, 7) is 3.16. The highest BCUT2D eigenvalue weighted by molar-refractivity contribution is 5.92. The predicted molar refractivity (Wildman–Crippen MR) is 79.4 cm³/mol. The number of benzene rings is 1. The maximum absolute atomic E-state index is 7.36. The van der Waals surface area contributed by atoms with E-state index in [0.717, 1.165) is 18.8 Å². The first kappa shape index (κ1) is 12.6. The van der Waals surface area contributed by atoms with E-state index in [-0.39, 0.29) is 5.84 Å². The summed E-state index contributed by atoms with van der Waals surface area (Å²) in [6.07, 6.45) is 4.33. The molecule has 1 atom stereocenters. The largest absolute Gasteiger partial charge is 0.382 e. The lowest BCUT2D eigenvalue weighted by atomic mass is 9.94.